The Morgan fingerprint density at radius 1 is 1.24 bits per heavy atom. The van der Waals surface area contributed by atoms with Crippen LogP contribution in [0, 0.1) is 13.8 Å². The minimum atomic E-state index is -0.666. The standard InChI is InChI=1S/C19H24N4O5S/c1-11(2)22-16(24)8-21-17(25)9-27-19(26)14-6-5-7-20-18(14)29-10-15-12(3)23-28-13(15)4/h5-7,11H,8-10H2,1-4H3,(H,21,25)(H,22,24). The zero-order valence-electron chi connectivity index (χ0n) is 16.8. The van der Waals surface area contributed by atoms with E-state index in [1.165, 1.54) is 11.8 Å². The van der Waals surface area contributed by atoms with Crippen molar-refractivity contribution in [2.75, 3.05) is 13.2 Å². The monoisotopic (exact) mass is 420 g/mol. The van der Waals surface area contributed by atoms with Crippen molar-refractivity contribution in [3.8, 4) is 0 Å². The van der Waals surface area contributed by atoms with Gasteiger partial charge in [-0.3, -0.25) is 9.59 Å². The summed E-state index contributed by atoms with van der Waals surface area (Å²) in [5.74, 6) is -0.297. The minimum Gasteiger partial charge on any atom is -0.452 e. The van der Waals surface area contributed by atoms with Gasteiger partial charge in [0.25, 0.3) is 5.91 Å². The van der Waals surface area contributed by atoms with Crippen LogP contribution in [0.3, 0.4) is 0 Å². The molecule has 10 heteroatoms. The second-order valence-corrected chi connectivity index (χ2v) is 7.49. The van der Waals surface area contributed by atoms with E-state index in [9.17, 15) is 14.4 Å². The summed E-state index contributed by atoms with van der Waals surface area (Å²) in [5.41, 5.74) is 1.99. The van der Waals surface area contributed by atoms with Crippen LogP contribution in [0.15, 0.2) is 27.9 Å². The maximum Gasteiger partial charge on any atom is 0.341 e. The van der Waals surface area contributed by atoms with Gasteiger partial charge in [-0.25, -0.2) is 9.78 Å². The molecule has 0 aliphatic carbocycles. The molecule has 156 valence electrons. The van der Waals surface area contributed by atoms with Crippen LogP contribution in [-0.2, 0) is 20.1 Å². The Labute approximate surface area is 173 Å². The van der Waals surface area contributed by atoms with E-state index >= 15 is 0 Å². The van der Waals surface area contributed by atoms with Crippen LogP contribution in [0.1, 0.15) is 41.2 Å². The van der Waals surface area contributed by atoms with Gasteiger partial charge in [-0.05, 0) is 39.8 Å². The molecule has 0 radical (unpaired) electrons. The zero-order valence-corrected chi connectivity index (χ0v) is 17.6. The van der Waals surface area contributed by atoms with Crippen LogP contribution in [0.4, 0.5) is 0 Å². The van der Waals surface area contributed by atoms with Crippen molar-refractivity contribution >= 4 is 29.5 Å². The number of aromatic nitrogens is 2. The molecule has 2 aromatic rings. The Bertz CT molecular complexity index is 862. The number of esters is 1. The number of rotatable bonds is 9. The SMILES string of the molecule is Cc1noc(C)c1CSc1ncccc1C(=O)OCC(=O)NCC(=O)NC(C)C. The summed E-state index contributed by atoms with van der Waals surface area (Å²) < 4.78 is 10.2. The van der Waals surface area contributed by atoms with E-state index in [4.69, 9.17) is 9.26 Å². The van der Waals surface area contributed by atoms with Gasteiger partial charge in [-0.2, -0.15) is 0 Å². The molecular formula is C19H24N4O5S. The summed E-state index contributed by atoms with van der Waals surface area (Å²) in [6.07, 6.45) is 1.58. The first-order valence-corrected chi connectivity index (χ1v) is 9.99. The van der Waals surface area contributed by atoms with Gasteiger partial charge in [0.2, 0.25) is 5.91 Å². The van der Waals surface area contributed by atoms with Gasteiger partial charge >= 0.3 is 5.97 Å². The second-order valence-electron chi connectivity index (χ2n) is 6.52. The number of hydrogen-bond donors (Lipinski definition) is 2. The summed E-state index contributed by atoms with van der Waals surface area (Å²) in [7, 11) is 0. The van der Waals surface area contributed by atoms with Crippen LogP contribution in [-0.4, -0.2) is 47.1 Å². The number of carbonyl (C=O) groups is 3. The van der Waals surface area contributed by atoms with Crippen LogP contribution in [0.5, 0.6) is 0 Å². The Hall–Kier alpha value is -2.88. The van der Waals surface area contributed by atoms with Crippen molar-refractivity contribution in [2.24, 2.45) is 0 Å². The zero-order chi connectivity index (χ0) is 21.4. The first-order valence-electron chi connectivity index (χ1n) is 9.00. The fourth-order valence-electron chi connectivity index (χ4n) is 2.32. The molecule has 0 atom stereocenters. The average molecular weight is 420 g/mol. The topological polar surface area (TPSA) is 123 Å². The highest BCUT2D eigenvalue weighted by Crippen LogP contribution is 2.27. The summed E-state index contributed by atoms with van der Waals surface area (Å²) in [6, 6.07) is 3.18. The average Bonchev–Trinajstić information content (AvgIpc) is 3.00. The molecule has 0 aliphatic rings. The van der Waals surface area contributed by atoms with Crippen molar-refractivity contribution < 1.29 is 23.6 Å². The Kier molecular flexibility index (Phi) is 8.20. The lowest BCUT2D eigenvalue weighted by Crippen LogP contribution is -2.41. The van der Waals surface area contributed by atoms with Gasteiger partial charge < -0.3 is 19.9 Å². The van der Waals surface area contributed by atoms with E-state index in [-0.39, 0.29) is 24.1 Å². The van der Waals surface area contributed by atoms with Crippen molar-refractivity contribution in [1.82, 2.24) is 20.8 Å². The molecule has 0 spiro atoms. The Morgan fingerprint density at radius 3 is 2.66 bits per heavy atom. The molecule has 0 unspecified atom stereocenters. The maximum atomic E-state index is 12.4. The van der Waals surface area contributed by atoms with Crippen LogP contribution in [0.25, 0.3) is 0 Å². The summed E-state index contributed by atoms with van der Waals surface area (Å²) in [6.45, 7) is 6.63. The Morgan fingerprint density at radius 2 is 2.00 bits per heavy atom. The van der Waals surface area contributed by atoms with E-state index in [0.717, 1.165) is 11.3 Å². The molecule has 2 aromatic heterocycles. The smallest absolute Gasteiger partial charge is 0.341 e. The van der Waals surface area contributed by atoms with Crippen molar-refractivity contribution in [3.63, 3.8) is 0 Å². The van der Waals surface area contributed by atoms with E-state index in [2.05, 4.69) is 20.8 Å². The molecule has 29 heavy (non-hydrogen) atoms. The van der Waals surface area contributed by atoms with Gasteiger partial charge in [0.1, 0.15) is 10.8 Å². The quantitative estimate of drug-likeness (QED) is 0.465. The van der Waals surface area contributed by atoms with Crippen molar-refractivity contribution in [2.45, 2.75) is 44.5 Å². The highest BCUT2D eigenvalue weighted by atomic mass is 32.2. The van der Waals surface area contributed by atoms with E-state index in [0.29, 0.717) is 16.5 Å². The molecule has 2 N–H and O–H groups in total. The summed E-state index contributed by atoms with van der Waals surface area (Å²) in [4.78, 5) is 39.9. The number of aryl methyl sites for hydroxylation is 2. The van der Waals surface area contributed by atoms with E-state index in [1.54, 1.807) is 18.3 Å². The normalized spacial score (nSPS) is 10.7. The van der Waals surface area contributed by atoms with Gasteiger partial charge in [-0.1, -0.05) is 5.16 Å². The molecule has 0 fully saturated rings. The van der Waals surface area contributed by atoms with Gasteiger partial charge in [0.05, 0.1) is 17.8 Å². The van der Waals surface area contributed by atoms with Crippen molar-refractivity contribution in [3.05, 3.63) is 40.9 Å². The van der Waals surface area contributed by atoms with Gasteiger partial charge in [0, 0.05) is 23.6 Å². The van der Waals surface area contributed by atoms with Crippen LogP contribution < -0.4 is 10.6 Å². The third-order valence-corrected chi connectivity index (χ3v) is 4.79. The first kappa shape index (κ1) is 22.4. The lowest BCUT2D eigenvalue weighted by Gasteiger charge is -2.10. The lowest BCUT2D eigenvalue weighted by molar-refractivity contribution is -0.128. The van der Waals surface area contributed by atoms with Crippen LogP contribution >= 0.6 is 11.8 Å². The number of pyridine rings is 1. The maximum absolute atomic E-state index is 12.4. The highest BCUT2D eigenvalue weighted by molar-refractivity contribution is 7.98. The number of nitrogens with one attached hydrogen (secondary N) is 2. The highest BCUT2D eigenvalue weighted by Gasteiger charge is 2.18. The van der Waals surface area contributed by atoms with E-state index < -0.39 is 18.5 Å². The molecule has 0 saturated carbocycles. The third-order valence-electron chi connectivity index (χ3n) is 3.76. The first-order chi connectivity index (χ1) is 13.8. The fraction of sp³-hybridized carbons (Fsp3) is 0.421. The molecule has 9 nitrogen and oxygen atoms in total. The molecule has 0 aromatic carbocycles. The number of amides is 2. The second kappa shape index (κ2) is 10.6. The number of nitrogens with zero attached hydrogens (tertiary/aromatic N) is 2. The number of carbonyl (C=O) groups excluding carboxylic acids is 3. The molecule has 2 heterocycles. The predicted octanol–water partition coefficient (Wildman–Crippen LogP) is 1.78. The van der Waals surface area contributed by atoms with Gasteiger partial charge in [0.15, 0.2) is 6.61 Å². The molecule has 0 bridgehead atoms. The van der Waals surface area contributed by atoms with E-state index in [1.807, 2.05) is 27.7 Å². The molecule has 0 saturated heterocycles. The number of hydrogen-bond acceptors (Lipinski definition) is 8. The number of thioether (sulfide) groups is 1. The predicted molar refractivity (Wildman–Crippen MR) is 106 cm³/mol. The fourth-order valence-corrected chi connectivity index (χ4v) is 3.46. The third kappa shape index (κ3) is 6.90. The summed E-state index contributed by atoms with van der Waals surface area (Å²) >= 11 is 1.35. The minimum absolute atomic E-state index is 0.0239. The lowest BCUT2D eigenvalue weighted by atomic mass is 10.2. The van der Waals surface area contributed by atoms with Gasteiger partial charge in [-0.15, -0.1) is 11.8 Å². The molecule has 2 amide bonds. The summed E-state index contributed by atoms with van der Waals surface area (Å²) in [5, 5.41) is 9.43. The van der Waals surface area contributed by atoms with Crippen molar-refractivity contribution in [1.29, 1.82) is 0 Å². The van der Waals surface area contributed by atoms with Crippen LogP contribution in [0.2, 0.25) is 0 Å². The molecule has 2 rings (SSSR count). The number of ether oxygens (including phenoxy) is 1. The molecular weight excluding hydrogens is 396 g/mol. The largest absolute Gasteiger partial charge is 0.452 e. The Balaban J connectivity index is 1.89. The molecule has 0 aliphatic heterocycles.